The number of carbonyl (C=O) groups excluding carboxylic acids is 2. The second-order valence-electron chi connectivity index (χ2n) is 7.63. The molecule has 0 saturated carbocycles. The number of nitrogens with one attached hydrogen (secondary N) is 1. The fraction of sp³-hybridized carbons (Fsp3) is 0.185. The molecule has 174 valence electrons. The summed E-state index contributed by atoms with van der Waals surface area (Å²) >= 11 is 0. The Labute approximate surface area is 198 Å². The molecule has 4 rings (SSSR count). The number of carbonyl (C=O) groups is 2. The largest absolute Gasteiger partial charge is 0.497 e. The predicted octanol–water partition coefficient (Wildman–Crippen LogP) is 4.54. The average molecular weight is 459 g/mol. The first kappa shape index (κ1) is 22.9. The Kier molecular flexibility index (Phi) is 7.45. The van der Waals surface area contributed by atoms with Crippen LogP contribution in [0.25, 0.3) is 6.08 Å². The Hall–Kier alpha value is -4.26. The average Bonchev–Trinajstić information content (AvgIpc) is 2.87. The van der Waals surface area contributed by atoms with Crippen LogP contribution in [0.1, 0.15) is 12.0 Å². The van der Waals surface area contributed by atoms with E-state index in [9.17, 15) is 9.59 Å². The third kappa shape index (κ3) is 5.95. The normalized spacial score (nSPS) is 12.7. The van der Waals surface area contributed by atoms with Crippen molar-refractivity contribution in [1.29, 1.82) is 0 Å². The molecule has 0 atom stereocenters. The molecule has 1 heterocycles. The Balaban J connectivity index is 1.36. The number of benzene rings is 3. The number of amides is 2. The summed E-state index contributed by atoms with van der Waals surface area (Å²) in [5.41, 5.74) is 2.15. The summed E-state index contributed by atoms with van der Waals surface area (Å²) in [5, 5.41) is 2.84. The van der Waals surface area contributed by atoms with Gasteiger partial charge >= 0.3 is 0 Å². The maximum Gasteiger partial charge on any atom is 0.265 e. The van der Waals surface area contributed by atoms with Gasteiger partial charge in [-0.25, -0.2) is 0 Å². The lowest BCUT2D eigenvalue weighted by molar-refractivity contribution is -0.121. The molecule has 0 aromatic heterocycles. The molecule has 34 heavy (non-hydrogen) atoms. The van der Waals surface area contributed by atoms with Crippen LogP contribution < -0.4 is 24.4 Å². The van der Waals surface area contributed by atoms with E-state index in [2.05, 4.69) is 5.32 Å². The first-order valence-corrected chi connectivity index (χ1v) is 11.0. The summed E-state index contributed by atoms with van der Waals surface area (Å²) in [6.07, 6.45) is 3.85. The molecule has 0 unspecified atom stereocenters. The van der Waals surface area contributed by atoms with Gasteiger partial charge in [0.25, 0.3) is 5.91 Å². The Bertz CT molecular complexity index is 1160. The summed E-state index contributed by atoms with van der Waals surface area (Å²) in [5.74, 6) is 1.72. The van der Waals surface area contributed by atoms with Gasteiger partial charge in [0.15, 0.2) is 6.61 Å². The van der Waals surface area contributed by atoms with Crippen LogP contribution in [-0.4, -0.2) is 38.7 Å². The van der Waals surface area contributed by atoms with Crippen molar-refractivity contribution in [3.05, 3.63) is 84.4 Å². The molecule has 0 fully saturated rings. The van der Waals surface area contributed by atoms with Gasteiger partial charge in [-0.2, -0.15) is 0 Å². The van der Waals surface area contributed by atoms with Crippen molar-refractivity contribution in [3.63, 3.8) is 0 Å². The lowest BCUT2D eigenvalue weighted by Crippen LogP contribution is -2.39. The van der Waals surface area contributed by atoms with Crippen LogP contribution >= 0.6 is 0 Å². The van der Waals surface area contributed by atoms with Crippen molar-refractivity contribution in [2.24, 2.45) is 0 Å². The molecule has 3 aromatic rings. The minimum atomic E-state index is -0.258. The van der Waals surface area contributed by atoms with Gasteiger partial charge in [0.1, 0.15) is 17.2 Å². The number of anilines is 2. The highest BCUT2D eigenvalue weighted by atomic mass is 16.5. The van der Waals surface area contributed by atoms with Gasteiger partial charge in [-0.05, 0) is 60.5 Å². The Morgan fingerprint density at radius 1 is 1.06 bits per heavy atom. The number of hydrogen-bond acceptors (Lipinski definition) is 5. The minimum absolute atomic E-state index is 0.0160. The fourth-order valence-corrected chi connectivity index (χ4v) is 3.53. The van der Waals surface area contributed by atoms with Crippen LogP contribution in [0.2, 0.25) is 0 Å². The molecule has 0 radical (unpaired) electrons. The molecule has 0 aliphatic carbocycles. The van der Waals surface area contributed by atoms with Gasteiger partial charge < -0.3 is 24.4 Å². The van der Waals surface area contributed by atoms with Crippen LogP contribution in [0.5, 0.6) is 17.2 Å². The molecule has 0 spiro atoms. The van der Waals surface area contributed by atoms with Crippen LogP contribution in [0.4, 0.5) is 11.4 Å². The maximum atomic E-state index is 12.5. The summed E-state index contributed by atoms with van der Waals surface area (Å²) in [7, 11) is 1.62. The summed E-state index contributed by atoms with van der Waals surface area (Å²) in [4.78, 5) is 26.6. The molecule has 1 aliphatic rings. The molecule has 0 saturated heterocycles. The quantitative estimate of drug-likeness (QED) is 0.376. The number of ether oxygens (including phenoxy) is 3. The topological polar surface area (TPSA) is 77.1 Å². The zero-order valence-electron chi connectivity index (χ0n) is 18.9. The van der Waals surface area contributed by atoms with E-state index in [4.69, 9.17) is 14.2 Å². The zero-order valence-corrected chi connectivity index (χ0v) is 18.9. The van der Waals surface area contributed by atoms with Crippen molar-refractivity contribution < 1.29 is 23.8 Å². The van der Waals surface area contributed by atoms with Crippen LogP contribution in [-0.2, 0) is 9.59 Å². The lowest BCUT2D eigenvalue weighted by Gasteiger charge is -2.29. The highest BCUT2D eigenvalue weighted by molar-refractivity contribution is 6.03. The van der Waals surface area contributed by atoms with Gasteiger partial charge in [0.05, 0.1) is 19.4 Å². The highest BCUT2D eigenvalue weighted by Gasteiger charge is 2.25. The van der Waals surface area contributed by atoms with Crippen molar-refractivity contribution in [2.75, 3.05) is 37.1 Å². The molecule has 7 nitrogen and oxygen atoms in total. The lowest BCUT2D eigenvalue weighted by atomic mass is 10.2. The van der Waals surface area contributed by atoms with E-state index in [-0.39, 0.29) is 18.4 Å². The van der Waals surface area contributed by atoms with Gasteiger partial charge in [-0.15, -0.1) is 0 Å². The van der Waals surface area contributed by atoms with Gasteiger partial charge in [-0.1, -0.05) is 30.3 Å². The van der Waals surface area contributed by atoms with E-state index < -0.39 is 0 Å². The van der Waals surface area contributed by atoms with Crippen LogP contribution in [0.3, 0.4) is 0 Å². The summed E-state index contributed by atoms with van der Waals surface area (Å²) in [6.45, 7) is 0.904. The van der Waals surface area contributed by atoms with E-state index in [1.54, 1.807) is 36.3 Å². The first-order chi connectivity index (χ1) is 16.6. The van der Waals surface area contributed by atoms with E-state index in [1.165, 1.54) is 6.08 Å². The third-order valence-corrected chi connectivity index (χ3v) is 5.25. The molecule has 1 aliphatic heterocycles. The summed E-state index contributed by atoms with van der Waals surface area (Å²) < 4.78 is 16.5. The number of hydrogen-bond donors (Lipinski definition) is 1. The first-order valence-electron chi connectivity index (χ1n) is 11.0. The predicted molar refractivity (Wildman–Crippen MR) is 132 cm³/mol. The van der Waals surface area contributed by atoms with E-state index in [1.807, 2.05) is 54.6 Å². The number of fused-ring (bicyclic) bond motifs is 1. The van der Waals surface area contributed by atoms with E-state index in [0.717, 1.165) is 17.1 Å². The molecule has 3 aromatic carbocycles. The fourth-order valence-electron chi connectivity index (χ4n) is 3.53. The Morgan fingerprint density at radius 2 is 1.82 bits per heavy atom. The third-order valence-electron chi connectivity index (χ3n) is 5.25. The van der Waals surface area contributed by atoms with Crippen molar-refractivity contribution in [1.82, 2.24) is 0 Å². The number of methoxy groups -OCH3 is 1. The molecular formula is C27H26N2O5. The van der Waals surface area contributed by atoms with Gasteiger partial charge in [0.2, 0.25) is 5.91 Å². The second-order valence-corrected chi connectivity index (χ2v) is 7.63. The molecule has 1 N–H and O–H groups in total. The van der Waals surface area contributed by atoms with Crippen molar-refractivity contribution >= 4 is 29.3 Å². The van der Waals surface area contributed by atoms with Gasteiger partial charge in [0, 0.05) is 18.3 Å². The zero-order chi connectivity index (χ0) is 23.8. The van der Waals surface area contributed by atoms with Crippen LogP contribution in [0.15, 0.2) is 78.9 Å². The summed E-state index contributed by atoms with van der Waals surface area (Å²) in [6, 6.07) is 22.2. The van der Waals surface area contributed by atoms with Crippen LogP contribution in [0, 0.1) is 0 Å². The SMILES string of the molecule is COc1ccc(OCCCN2C(=O)COc3ccc(NC(=O)/C=C/c4ccccc4)cc32)cc1. The monoisotopic (exact) mass is 458 g/mol. The van der Waals surface area contributed by atoms with Crippen molar-refractivity contribution in [2.45, 2.75) is 6.42 Å². The van der Waals surface area contributed by atoms with E-state index in [0.29, 0.717) is 36.7 Å². The van der Waals surface area contributed by atoms with Crippen molar-refractivity contribution in [3.8, 4) is 17.2 Å². The molecule has 7 heteroatoms. The second kappa shape index (κ2) is 11.0. The Morgan fingerprint density at radius 3 is 2.59 bits per heavy atom. The molecule has 0 bridgehead atoms. The minimum Gasteiger partial charge on any atom is -0.497 e. The standard InChI is InChI=1S/C27H26N2O5/c1-32-22-10-12-23(13-11-22)33-17-5-16-29-24-18-21(9-14-25(24)34-19-27(29)31)28-26(30)15-8-20-6-3-2-4-7-20/h2-4,6-15,18H,5,16-17,19H2,1H3,(H,28,30)/b15-8+. The number of nitrogens with zero attached hydrogens (tertiary/aromatic N) is 1. The number of rotatable bonds is 9. The maximum absolute atomic E-state index is 12.5. The highest BCUT2D eigenvalue weighted by Crippen LogP contribution is 2.34. The smallest absolute Gasteiger partial charge is 0.265 e. The molecule has 2 amide bonds. The van der Waals surface area contributed by atoms with Gasteiger partial charge in [-0.3, -0.25) is 9.59 Å². The van der Waals surface area contributed by atoms with E-state index >= 15 is 0 Å². The molecular weight excluding hydrogens is 432 g/mol.